The van der Waals surface area contributed by atoms with E-state index in [1.165, 1.54) is 0 Å². The summed E-state index contributed by atoms with van der Waals surface area (Å²) in [4.78, 5) is 0. The minimum atomic E-state index is -0.329. The average molecular weight is 180 g/mol. The number of aryl methyl sites for hydroxylation is 1. The highest BCUT2D eigenvalue weighted by Crippen LogP contribution is 2.37. The molecule has 1 aromatic carbocycles. The van der Waals surface area contributed by atoms with Gasteiger partial charge >= 0.3 is 0 Å². The van der Waals surface area contributed by atoms with Gasteiger partial charge in [0.25, 0.3) is 0 Å². The lowest BCUT2D eigenvalue weighted by atomic mass is 9.94. The van der Waals surface area contributed by atoms with Crippen LogP contribution < -0.4 is 0 Å². The third-order valence-corrected chi connectivity index (χ3v) is 2.66. The highest BCUT2D eigenvalue weighted by Gasteiger charge is 2.32. The van der Waals surface area contributed by atoms with Crippen molar-refractivity contribution in [3.63, 3.8) is 0 Å². The molecule has 2 heteroatoms. The van der Waals surface area contributed by atoms with Crippen molar-refractivity contribution < 1.29 is 9.13 Å². The predicted molar refractivity (Wildman–Crippen MR) is 49.0 cm³/mol. The minimum Gasteiger partial charge on any atom is -0.366 e. The molecule has 0 N–H and O–H groups in total. The molecule has 13 heavy (non-hydrogen) atoms. The fourth-order valence-corrected chi connectivity index (χ4v) is 1.77. The largest absolute Gasteiger partial charge is 0.366 e. The zero-order valence-corrected chi connectivity index (χ0v) is 8.15. The maximum Gasteiger partial charge on any atom is 0.132 e. The quantitative estimate of drug-likeness (QED) is 0.596. The molecule has 0 saturated heterocycles. The highest BCUT2D eigenvalue weighted by molar-refractivity contribution is 5.38. The van der Waals surface area contributed by atoms with Gasteiger partial charge in [0.1, 0.15) is 5.82 Å². The van der Waals surface area contributed by atoms with Gasteiger partial charge in [-0.3, -0.25) is 0 Å². The normalized spacial score (nSPS) is 18.8. The molecule has 0 aromatic heterocycles. The second kappa shape index (κ2) is 2.55. The van der Waals surface area contributed by atoms with Gasteiger partial charge in [-0.15, -0.1) is 0 Å². The molecule has 2 rings (SSSR count). The van der Waals surface area contributed by atoms with Gasteiger partial charge in [-0.05, 0) is 31.9 Å². The average Bonchev–Trinajstić information content (AvgIpc) is 2.35. The lowest BCUT2D eigenvalue weighted by Crippen LogP contribution is -2.14. The van der Waals surface area contributed by atoms with Crippen molar-refractivity contribution in [3.05, 3.63) is 34.6 Å². The summed E-state index contributed by atoms with van der Waals surface area (Å²) in [5.74, 6) is -0.108. The summed E-state index contributed by atoms with van der Waals surface area (Å²) >= 11 is 0. The number of halogens is 1. The van der Waals surface area contributed by atoms with E-state index in [2.05, 4.69) is 0 Å². The van der Waals surface area contributed by atoms with E-state index in [0.29, 0.717) is 12.2 Å². The van der Waals surface area contributed by atoms with Crippen molar-refractivity contribution in [2.24, 2.45) is 0 Å². The van der Waals surface area contributed by atoms with E-state index in [9.17, 15) is 4.39 Å². The minimum absolute atomic E-state index is 0.108. The lowest BCUT2D eigenvalue weighted by molar-refractivity contribution is -0.00828. The van der Waals surface area contributed by atoms with Crippen LogP contribution in [0.4, 0.5) is 4.39 Å². The molecule has 1 heterocycles. The van der Waals surface area contributed by atoms with E-state index in [1.807, 2.05) is 26.0 Å². The van der Waals surface area contributed by atoms with E-state index >= 15 is 0 Å². The van der Waals surface area contributed by atoms with Crippen LogP contribution in [0.15, 0.2) is 12.1 Å². The third-order valence-electron chi connectivity index (χ3n) is 2.66. The molecule has 1 aliphatic rings. The standard InChI is InChI=1S/C11H13FO/c1-7-4-5-9-8(10(7)12)6-13-11(9,2)3/h4-5H,6H2,1-3H3. The van der Waals surface area contributed by atoms with Gasteiger partial charge in [-0.25, -0.2) is 4.39 Å². The molecular formula is C11H13FO. The Kier molecular flexibility index (Phi) is 1.70. The molecule has 0 amide bonds. The van der Waals surface area contributed by atoms with Gasteiger partial charge in [-0.1, -0.05) is 12.1 Å². The topological polar surface area (TPSA) is 9.23 Å². The first-order chi connectivity index (χ1) is 6.02. The molecule has 0 atom stereocenters. The fourth-order valence-electron chi connectivity index (χ4n) is 1.77. The van der Waals surface area contributed by atoms with Gasteiger partial charge in [0, 0.05) is 5.56 Å². The summed E-state index contributed by atoms with van der Waals surface area (Å²) in [5.41, 5.74) is 2.07. The summed E-state index contributed by atoms with van der Waals surface area (Å²) in [7, 11) is 0. The lowest BCUT2D eigenvalue weighted by Gasteiger charge is -2.18. The van der Waals surface area contributed by atoms with Crippen molar-refractivity contribution >= 4 is 0 Å². The molecule has 70 valence electrons. The molecule has 1 aliphatic heterocycles. The van der Waals surface area contributed by atoms with Crippen LogP contribution in [0, 0.1) is 12.7 Å². The Bertz CT molecular complexity index is 355. The summed E-state index contributed by atoms with van der Waals surface area (Å²) in [6, 6.07) is 3.77. The van der Waals surface area contributed by atoms with Gasteiger partial charge in [0.15, 0.2) is 0 Å². The number of fused-ring (bicyclic) bond motifs is 1. The van der Waals surface area contributed by atoms with Crippen LogP contribution >= 0.6 is 0 Å². The van der Waals surface area contributed by atoms with E-state index in [0.717, 1.165) is 11.1 Å². The summed E-state index contributed by atoms with van der Waals surface area (Å²) < 4.78 is 19.1. The van der Waals surface area contributed by atoms with Crippen molar-refractivity contribution in [1.82, 2.24) is 0 Å². The molecule has 0 bridgehead atoms. The smallest absolute Gasteiger partial charge is 0.132 e. The van der Waals surface area contributed by atoms with Crippen LogP contribution in [0.2, 0.25) is 0 Å². The van der Waals surface area contributed by atoms with E-state index in [4.69, 9.17) is 4.74 Å². The molecule has 0 fully saturated rings. The van der Waals surface area contributed by atoms with Crippen molar-refractivity contribution in [2.75, 3.05) is 0 Å². The van der Waals surface area contributed by atoms with Crippen molar-refractivity contribution in [1.29, 1.82) is 0 Å². The van der Waals surface area contributed by atoms with E-state index in [-0.39, 0.29) is 11.4 Å². The van der Waals surface area contributed by atoms with Crippen molar-refractivity contribution in [3.8, 4) is 0 Å². The summed E-state index contributed by atoms with van der Waals surface area (Å²) in [6.45, 7) is 6.11. The number of hydrogen-bond acceptors (Lipinski definition) is 1. The molecule has 0 unspecified atom stereocenters. The zero-order chi connectivity index (χ0) is 9.64. The predicted octanol–water partition coefficient (Wildman–Crippen LogP) is 2.90. The number of benzene rings is 1. The second-order valence-corrected chi connectivity index (χ2v) is 4.02. The fraction of sp³-hybridized carbons (Fsp3) is 0.455. The van der Waals surface area contributed by atoms with Crippen LogP contribution in [0.5, 0.6) is 0 Å². The number of hydrogen-bond donors (Lipinski definition) is 0. The highest BCUT2D eigenvalue weighted by atomic mass is 19.1. The maximum absolute atomic E-state index is 13.6. The van der Waals surface area contributed by atoms with Crippen LogP contribution in [0.3, 0.4) is 0 Å². The molecule has 0 saturated carbocycles. The van der Waals surface area contributed by atoms with E-state index in [1.54, 1.807) is 6.92 Å². The molecule has 0 radical (unpaired) electrons. The van der Waals surface area contributed by atoms with Crippen LogP contribution in [-0.4, -0.2) is 0 Å². The Morgan fingerprint density at radius 3 is 2.77 bits per heavy atom. The Morgan fingerprint density at radius 1 is 1.38 bits per heavy atom. The molecule has 0 spiro atoms. The van der Waals surface area contributed by atoms with Gasteiger partial charge in [-0.2, -0.15) is 0 Å². The molecular weight excluding hydrogens is 167 g/mol. The molecule has 0 aliphatic carbocycles. The Labute approximate surface area is 77.5 Å². The number of ether oxygens (including phenoxy) is 1. The van der Waals surface area contributed by atoms with E-state index < -0.39 is 0 Å². The Hall–Kier alpha value is -0.890. The van der Waals surface area contributed by atoms with Gasteiger partial charge < -0.3 is 4.74 Å². The summed E-state index contributed by atoms with van der Waals surface area (Å²) in [5, 5.41) is 0. The first-order valence-electron chi connectivity index (χ1n) is 4.45. The van der Waals surface area contributed by atoms with Gasteiger partial charge in [0.05, 0.1) is 12.2 Å². The SMILES string of the molecule is Cc1ccc2c(c1F)COC2(C)C. The maximum atomic E-state index is 13.6. The second-order valence-electron chi connectivity index (χ2n) is 4.02. The Balaban J connectivity index is 2.64. The monoisotopic (exact) mass is 180 g/mol. The number of rotatable bonds is 0. The van der Waals surface area contributed by atoms with Crippen LogP contribution in [0.1, 0.15) is 30.5 Å². The summed E-state index contributed by atoms with van der Waals surface area (Å²) in [6.07, 6.45) is 0. The van der Waals surface area contributed by atoms with Crippen LogP contribution in [-0.2, 0) is 16.9 Å². The first kappa shape index (κ1) is 8.70. The van der Waals surface area contributed by atoms with Crippen LogP contribution in [0.25, 0.3) is 0 Å². The van der Waals surface area contributed by atoms with Gasteiger partial charge in [0.2, 0.25) is 0 Å². The molecule has 1 nitrogen and oxygen atoms in total. The third kappa shape index (κ3) is 1.17. The Morgan fingerprint density at radius 2 is 2.08 bits per heavy atom. The molecule has 1 aromatic rings. The van der Waals surface area contributed by atoms with Crippen molar-refractivity contribution in [2.45, 2.75) is 33.0 Å². The zero-order valence-electron chi connectivity index (χ0n) is 8.15. The first-order valence-corrected chi connectivity index (χ1v) is 4.45.